The van der Waals surface area contributed by atoms with Crippen LogP contribution in [0.3, 0.4) is 0 Å². The van der Waals surface area contributed by atoms with Gasteiger partial charge in [0.05, 0.1) is 5.92 Å². The van der Waals surface area contributed by atoms with Crippen molar-refractivity contribution in [1.82, 2.24) is 0 Å². The lowest BCUT2D eigenvalue weighted by Crippen LogP contribution is -2.34. The van der Waals surface area contributed by atoms with E-state index in [1.807, 2.05) is 0 Å². The van der Waals surface area contributed by atoms with E-state index in [0.717, 1.165) is 17.3 Å². The molecule has 0 aromatic heterocycles. The normalized spacial score (nSPS) is 26.6. The van der Waals surface area contributed by atoms with Crippen molar-refractivity contribution in [2.24, 2.45) is 17.3 Å². The summed E-state index contributed by atoms with van der Waals surface area (Å²) in [4.78, 5) is 11.6. The van der Waals surface area contributed by atoms with Gasteiger partial charge in [0.2, 0.25) is 0 Å². The fourth-order valence-electron chi connectivity index (χ4n) is 3.40. The van der Waals surface area contributed by atoms with Crippen LogP contribution in [0.15, 0.2) is 22.7 Å². The first-order chi connectivity index (χ1) is 9.70. The molecule has 1 aliphatic carbocycles. The van der Waals surface area contributed by atoms with Crippen molar-refractivity contribution in [2.75, 3.05) is 0 Å². The van der Waals surface area contributed by atoms with Crippen LogP contribution in [0.25, 0.3) is 0 Å². The molecule has 2 rings (SSSR count). The second-order valence-corrected chi connectivity index (χ2v) is 8.01. The fraction of sp³-hybridized carbons (Fsp3) is 0.588. The van der Waals surface area contributed by atoms with Crippen LogP contribution in [0.5, 0.6) is 0 Å². The molecule has 0 amide bonds. The van der Waals surface area contributed by atoms with Crippen LogP contribution in [0.2, 0.25) is 0 Å². The average molecular weight is 357 g/mol. The summed E-state index contributed by atoms with van der Waals surface area (Å²) >= 11 is 3.36. The standard InChI is InChI=1S/C17H22BrFO2/c1-17(2,3)10-4-6-12(16(20)21)13(8-10)14-9-11(18)5-7-15(14)19/h5,7,9-10,12-13H,4,6,8H2,1-3H3,(H,20,21). The fourth-order valence-corrected chi connectivity index (χ4v) is 3.77. The molecule has 1 aliphatic rings. The molecule has 116 valence electrons. The number of benzene rings is 1. The summed E-state index contributed by atoms with van der Waals surface area (Å²) in [7, 11) is 0. The highest BCUT2D eigenvalue weighted by molar-refractivity contribution is 9.10. The number of hydrogen-bond acceptors (Lipinski definition) is 1. The lowest BCUT2D eigenvalue weighted by Gasteiger charge is -2.40. The Balaban J connectivity index is 2.38. The van der Waals surface area contributed by atoms with Gasteiger partial charge >= 0.3 is 5.97 Å². The van der Waals surface area contributed by atoms with Crippen LogP contribution in [0.1, 0.15) is 51.5 Å². The first-order valence-electron chi connectivity index (χ1n) is 7.38. The smallest absolute Gasteiger partial charge is 0.307 e. The van der Waals surface area contributed by atoms with Crippen molar-refractivity contribution in [3.63, 3.8) is 0 Å². The highest BCUT2D eigenvalue weighted by Gasteiger charge is 2.40. The third-order valence-electron chi connectivity index (χ3n) is 4.75. The number of rotatable bonds is 2. The van der Waals surface area contributed by atoms with Gasteiger partial charge in [-0.25, -0.2) is 4.39 Å². The van der Waals surface area contributed by atoms with E-state index < -0.39 is 11.9 Å². The van der Waals surface area contributed by atoms with E-state index in [2.05, 4.69) is 36.7 Å². The third kappa shape index (κ3) is 3.65. The third-order valence-corrected chi connectivity index (χ3v) is 5.24. The minimum absolute atomic E-state index is 0.115. The molecule has 1 aromatic carbocycles. The van der Waals surface area contributed by atoms with Gasteiger partial charge in [-0.15, -0.1) is 0 Å². The first kappa shape index (κ1) is 16.5. The maximum Gasteiger partial charge on any atom is 0.307 e. The second-order valence-electron chi connectivity index (χ2n) is 7.09. The lowest BCUT2D eigenvalue weighted by atomic mass is 9.64. The lowest BCUT2D eigenvalue weighted by molar-refractivity contribution is -0.144. The molecule has 0 aliphatic heterocycles. The van der Waals surface area contributed by atoms with Crippen LogP contribution >= 0.6 is 15.9 Å². The number of carbonyl (C=O) groups is 1. The van der Waals surface area contributed by atoms with Gasteiger partial charge in [-0.1, -0.05) is 36.7 Å². The molecule has 0 heterocycles. The Morgan fingerprint density at radius 3 is 2.57 bits per heavy atom. The quantitative estimate of drug-likeness (QED) is 0.788. The largest absolute Gasteiger partial charge is 0.481 e. The van der Waals surface area contributed by atoms with Gasteiger partial charge in [-0.2, -0.15) is 0 Å². The van der Waals surface area contributed by atoms with E-state index in [1.54, 1.807) is 12.1 Å². The van der Waals surface area contributed by atoms with Crippen molar-refractivity contribution in [1.29, 1.82) is 0 Å². The molecule has 1 fully saturated rings. The Hall–Kier alpha value is -0.900. The van der Waals surface area contributed by atoms with Crippen molar-refractivity contribution in [3.05, 3.63) is 34.1 Å². The van der Waals surface area contributed by atoms with E-state index in [4.69, 9.17) is 0 Å². The molecule has 0 bridgehead atoms. The molecule has 1 saturated carbocycles. The predicted molar refractivity (Wildman–Crippen MR) is 84.8 cm³/mol. The van der Waals surface area contributed by atoms with Crippen LogP contribution in [0.4, 0.5) is 4.39 Å². The molecule has 0 radical (unpaired) electrons. The van der Waals surface area contributed by atoms with Gasteiger partial charge in [0.1, 0.15) is 5.82 Å². The van der Waals surface area contributed by atoms with E-state index >= 15 is 0 Å². The van der Waals surface area contributed by atoms with Gasteiger partial charge in [0.15, 0.2) is 0 Å². The van der Waals surface area contributed by atoms with E-state index in [-0.39, 0.29) is 17.2 Å². The van der Waals surface area contributed by atoms with Crippen molar-refractivity contribution in [2.45, 2.75) is 46.0 Å². The molecule has 0 spiro atoms. The maximum absolute atomic E-state index is 14.2. The number of hydrogen-bond donors (Lipinski definition) is 1. The van der Waals surface area contributed by atoms with Crippen molar-refractivity contribution < 1.29 is 14.3 Å². The Kier molecular flexibility index (Phi) is 4.76. The minimum Gasteiger partial charge on any atom is -0.481 e. The SMILES string of the molecule is CC(C)(C)C1CCC(C(=O)O)C(c2cc(Br)ccc2F)C1. The summed E-state index contributed by atoms with van der Waals surface area (Å²) in [6, 6.07) is 4.80. The van der Waals surface area contributed by atoms with E-state index in [9.17, 15) is 14.3 Å². The number of halogens is 2. The monoisotopic (exact) mass is 356 g/mol. The predicted octanol–water partition coefficient (Wildman–Crippen LogP) is 5.22. The number of carboxylic acids is 1. The zero-order valence-electron chi connectivity index (χ0n) is 12.7. The van der Waals surface area contributed by atoms with Gasteiger partial charge < -0.3 is 5.11 Å². The molecule has 1 aromatic rings. The summed E-state index contributed by atoms with van der Waals surface area (Å²) in [5.74, 6) is -1.45. The maximum atomic E-state index is 14.2. The molecular formula is C17H22BrFO2. The molecule has 4 heteroatoms. The molecule has 1 N–H and O–H groups in total. The summed E-state index contributed by atoms with van der Waals surface area (Å²) in [6.45, 7) is 6.52. The molecular weight excluding hydrogens is 335 g/mol. The zero-order valence-corrected chi connectivity index (χ0v) is 14.3. The first-order valence-corrected chi connectivity index (χ1v) is 8.17. The summed E-state index contributed by atoms with van der Waals surface area (Å²) < 4.78 is 15.0. The molecule has 21 heavy (non-hydrogen) atoms. The van der Waals surface area contributed by atoms with Crippen LogP contribution < -0.4 is 0 Å². The van der Waals surface area contributed by atoms with Gasteiger partial charge in [0, 0.05) is 10.4 Å². The summed E-state index contributed by atoms with van der Waals surface area (Å²) in [6.07, 6.45) is 2.24. The molecule has 3 atom stereocenters. The highest BCUT2D eigenvalue weighted by atomic mass is 79.9. The molecule has 2 nitrogen and oxygen atoms in total. The molecule has 3 unspecified atom stereocenters. The second kappa shape index (κ2) is 6.07. The Labute approximate surface area is 133 Å². The van der Waals surface area contributed by atoms with Crippen LogP contribution in [-0.4, -0.2) is 11.1 Å². The topological polar surface area (TPSA) is 37.3 Å². The summed E-state index contributed by atoms with van der Waals surface area (Å²) in [5.41, 5.74) is 0.648. The van der Waals surface area contributed by atoms with E-state index in [0.29, 0.717) is 17.9 Å². The van der Waals surface area contributed by atoms with Crippen molar-refractivity contribution in [3.8, 4) is 0 Å². The number of carboxylic acid groups (broad SMARTS) is 1. The number of aliphatic carboxylic acids is 1. The average Bonchev–Trinajstić information content (AvgIpc) is 2.39. The zero-order chi connectivity index (χ0) is 15.8. The van der Waals surface area contributed by atoms with Crippen molar-refractivity contribution >= 4 is 21.9 Å². The Bertz CT molecular complexity index is 536. The Morgan fingerprint density at radius 1 is 1.33 bits per heavy atom. The van der Waals surface area contributed by atoms with Crippen LogP contribution in [0, 0.1) is 23.1 Å². The summed E-state index contributed by atoms with van der Waals surface area (Å²) in [5, 5.41) is 9.49. The highest BCUT2D eigenvalue weighted by Crippen LogP contribution is 2.47. The molecule has 0 saturated heterocycles. The minimum atomic E-state index is -0.813. The van der Waals surface area contributed by atoms with Crippen LogP contribution in [-0.2, 0) is 4.79 Å². The van der Waals surface area contributed by atoms with Gasteiger partial charge in [-0.05, 0) is 54.4 Å². The van der Waals surface area contributed by atoms with Gasteiger partial charge in [0.25, 0.3) is 0 Å². The van der Waals surface area contributed by atoms with E-state index in [1.165, 1.54) is 6.07 Å². The Morgan fingerprint density at radius 2 is 2.00 bits per heavy atom. The van der Waals surface area contributed by atoms with Gasteiger partial charge in [-0.3, -0.25) is 4.79 Å².